The molecule has 1 aromatic carbocycles. The standard InChI is InChI=1S/C13H15IN2O4/c1-13(11(17)18)7-20-6-10(13)16-12(19)15-9-5-3-2-4-8(9)14/h2-5,10H,6-7H2,1H3,(H,17,18)(H2,15,16,19). The lowest BCUT2D eigenvalue weighted by molar-refractivity contribution is -0.148. The van der Waals surface area contributed by atoms with Gasteiger partial charge >= 0.3 is 12.0 Å². The van der Waals surface area contributed by atoms with Crippen molar-refractivity contribution in [1.29, 1.82) is 0 Å². The van der Waals surface area contributed by atoms with Gasteiger partial charge in [0.15, 0.2) is 0 Å². The number of carboxylic acid groups (broad SMARTS) is 1. The van der Waals surface area contributed by atoms with Crippen LogP contribution < -0.4 is 10.6 Å². The van der Waals surface area contributed by atoms with Gasteiger partial charge in [-0.15, -0.1) is 0 Å². The number of carboxylic acids is 1. The van der Waals surface area contributed by atoms with Crippen LogP contribution in [0.25, 0.3) is 0 Å². The molecule has 0 aromatic heterocycles. The maximum Gasteiger partial charge on any atom is 0.319 e. The summed E-state index contributed by atoms with van der Waals surface area (Å²) in [5, 5.41) is 14.6. The van der Waals surface area contributed by atoms with Crippen LogP contribution in [-0.2, 0) is 9.53 Å². The molecule has 0 bridgehead atoms. The van der Waals surface area contributed by atoms with Gasteiger partial charge in [-0.1, -0.05) is 12.1 Å². The van der Waals surface area contributed by atoms with E-state index in [1.807, 2.05) is 18.2 Å². The average molecular weight is 390 g/mol. The van der Waals surface area contributed by atoms with Gasteiger partial charge in [0.05, 0.1) is 24.9 Å². The van der Waals surface area contributed by atoms with Crippen molar-refractivity contribution >= 4 is 40.3 Å². The Balaban J connectivity index is 2.02. The van der Waals surface area contributed by atoms with Crippen LogP contribution in [0.2, 0.25) is 0 Å². The molecule has 2 amide bonds. The SMILES string of the molecule is CC1(C(=O)O)COCC1NC(=O)Nc1ccccc1I. The number of aliphatic carboxylic acids is 1. The van der Waals surface area contributed by atoms with E-state index in [0.717, 1.165) is 3.57 Å². The molecule has 1 aliphatic heterocycles. The second-order valence-electron chi connectivity index (χ2n) is 4.87. The summed E-state index contributed by atoms with van der Waals surface area (Å²) < 4.78 is 6.09. The number of rotatable bonds is 3. The number of halogens is 1. The summed E-state index contributed by atoms with van der Waals surface area (Å²) in [6, 6.07) is 6.35. The molecule has 6 nitrogen and oxygen atoms in total. The van der Waals surface area contributed by atoms with Gasteiger partial charge in [-0.2, -0.15) is 0 Å². The summed E-state index contributed by atoms with van der Waals surface area (Å²) in [6.45, 7) is 1.86. The minimum atomic E-state index is -1.10. The third kappa shape index (κ3) is 3.04. The van der Waals surface area contributed by atoms with Crippen molar-refractivity contribution in [3.8, 4) is 0 Å². The molecule has 2 rings (SSSR count). The Kier molecular flexibility index (Phi) is 4.48. The highest BCUT2D eigenvalue weighted by atomic mass is 127. The third-order valence-electron chi connectivity index (χ3n) is 3.37. The highest BCUT2D eigenvalue weighted by molar-refractivity contribution is 14.1. The minimum absolute atomic E-state index is 0.0934. The smallest absolute Gasteiger partial charge is 0.319 e. The second kappa shape index (κ2) is 5.96. The van der Waals surface area contributed by atoms with Crippen molar-refractivity contribution in [2.45, 2.75) is 13.0 Å². The van der Waals surface area contributed by atoms with E-state index in [1.54, 1.807) is 13.0 Å². The quantitative estimate of drug-likeness (QED) is 0.689. The number of urea groups is 1. The van der Waals surface area contributed by atoms with Crippen LogP contribution in [0.4, 0.5) is 10.5 Å². The van der Waals surface area contributed by atoms with Crippen molar-refractivity contribution in [2.75, 3.05) is 18.5 Å². The van der Waals surface area contributed by atoms with Crippen LogP contribution in [-0.4, -0.2) is 36.4 Å². The molecule has 20 heavy (non-hydrogen) atoms. The fourth-order valence-electron chi connectivity index (χ4n) is 1.96. The lowest BCUT2D eigenvalue weighted by Crippen LogP contribution is -2.50. The molecule has 1 fully saturated rings. The molecule has 0 radical (unpaired) electrons. The molecule has 1 aromatic rings. The molecule has 1 saturated heterocycles. The van der Waals surface area contributed by atoms with E-state index in [9.17, 15) is 14.7 Å². The predicted octanol–water partition coefficient (Wildman–Crippen LogP) is 1.90. The number of carbonyl (C=O) groups is 2. The molecule has 108 valence electrons. The van der Waals surface area contributed by atoms with E-state index in [2.05, 4.69) is 33.2 Å². The number of nitrogens with one attached hydrogen (secondary N) is 2. The number of para-hydroxylation sites is 1. The molecule has 7 heteroatoms. The lowest BCUT2D eigenvalue weighted by Gasteiger charge is -2.25. The number of anilines is 1. The summed E-state index contributed by atoms with van der Waals surface area (Å²) in [6.07, 6.45) is 0. The minimum Gasteiger partial charge on any atom is -0.481 e. The largest absolute Gasteiger partial charge is 0.481 e. The van der Waals surface area contributed by atoms with Crippen molar-refractivity contribution in [1.82, 2.24) is 5.32 Å². The molecular weight excluding hydrogens is 375 g/mol. The van der Waals surface area contributed by atoms with E-state index >= 15 is 0 Å². The summed E-state index contributed by atoms with van der Waals surface area (Å²) in [4.78, 5) is 23.2. The van der Waals surface area contributed by atoms with Crippen LogP contribution in [0, 0.1) is 8.99 Å². The van der Waals surface area contributed by atoms with Gasteiger partial charge in [0.2, 0.25) is 0 Å². The van der Waals surface area contributed by atoms with E-state index < -0.39 is 23.5 Å². The number of hydrogen-bond donors (Lipinski definition) is 3. The second-order valence-corrected chi connectivity index (χ2v) is 6.03. The number of amides is 2. The van der Waals surface area contributed by atoms with Gasteiger partial charge in [0, 0.05) is 3.57 Å². The first-order chi connectivity index (χ1) is 9.43. The summed E-state index contributed by atoms with van der Waals surface area (Å²) in [5.74, 6) is -0.977. The molecule has 2 atom stereocenters. The van der Waals surface area contributed by atoms with Gasteiger partial charge < -0.3 is 20.5 Å². The Morgan fingerprint density at radius 2 is 2.15 bits per heavy atom. The molecule has 1 aliphatic rings. The third-order valence-corrected chi connectivity index (χ3v) is 4.31. The first-order valence-corrected chi connectivity index (χ1v) is 7.14. The van der Waals surface area contributed by atoms with Gasteiger partial charge in [-0.3, -0.25) is 4.79 Å². The molecule has 0 aliphatic carbocycles. The molecule has 2 unspecified atom stereocenters. The van der Waals surface area contributed by atoms with Crippen LogP contribution in [0.5, 0.6) is 0 Å². The number of benzene rings is 1. The average Bonchev–Trinajstić information content (AvgIpc) is 2.75. The normalized spacial score (nSPS) is 25.2. The summed E-state index contributed by atoms with van der Waals surface area (Å²) in [5.41, 5.74) is -0.414. The fraction of sp³-hybridized carbons (Fsp3) is 0.385. The van der Waals surface area contributed by atoms with Gasteiger partial charge in [-0.25, -0.2) is 4.79 Å². The van der Waals surface area contributed by atoms with Crippen LogP contribution in [0.3, 0.4) is 0 Å². The van der Waals surface area contributed by atoms with Crippen LogP contribution in [0.15, 0.2) is 24.3 Å². The maximum atomic E-state index is 12.0. The van der Waals surface area contributed by atoms with Crippen molar-refractivity contribution in [2.24, 2.45) is 5.41 Å². The summed E-state index contributed by atoms with van der Waals surface area (Å²) in [7, 11) is 0. The Hall–Kier alpha value is -1.35. The first kappa shape index (κ1) is 15.0. The topological polar surface area (TPSA) is 87.7 Å². The van der Waals surface area contributed by atoms with E-state index in [1.165, 1.54) is 0 Å². The zero-order valence-corrected chi connectivity index (χ0v) is 13.0. The van der Waals surface area contributed by atoms with Gasteiger partial charge in [0.25, 0.3) is 0 Å². The van der Waals surface area contributed by atoms with E-state index in [-0.39, 0.29) is 13.2 Å². The number of ether oxygens (including phenoxy) is 1. The predicted molar refractivity (Wildman–Crippen MR) is 81.7 cm³/mol. The highest BCUT2D eigenvalue weighted by Crippen LogP contribution is 2.28. The van der Waals surface area contributed by atoms with E-state index in [0.29, 0.717) is 5.69 Å². The monoisotopic (exact) mass is 390 g/mol. The van der Waals surface area contributed by atoms with E-state index in [4.69, 9.17) is 4.74 Å². The van der Waals surface area contributed by atoms with Crippen molar-refractivity contribution in [3.63, 3.8) is 0 Å². The maximum absolute atomic E-state index is 12.0. The van der Waals surface area contributed by atoms with Crippen molar-refractivity contribution in [3.05, 3.63) is 27.8 Å². The molecule has 0 saturated carbocycles. The Labute approximate surface area is 130 Å². The van der Waals surface area contributed by atoms with Gasteiger partial charge in [-0.05, 0) is 41.6 Å². The first-order valence-electron chi connectivity index (χ1n) is 6.06. The zero-order valence-electron chi connectivity index (χ0n) is 10.9. The molecule has 0 spiro atoms. The number of hydrogen-bond acceptors (Lipinski definition) is 3. The zero-order chi connectivity index (χ0) is 14.8. The molecule has 3 N–H and O–H groups in total. The fourth-order valence-corrected chi connectivity index (χ4v) is 2.49. The highest BCUT2D eigenvalue weighted by Gasteiger charge is 2.47. The lowest BCUT2D eigenvalue weighted by atomic mass is 9.85. The molecule has 1 heterocycles. The van der Waals surface area contributed by atoms with Crippen molar-refractivity contribution < 1.29 is 19.4 Å². The number of carbonyl (C=O) groups excluding carboxylic acids is 1. The van der Waals surface area contributed by atoms with Crippen LogP contribution in [0.1, 0.15) is 6.92 Å². The van der Waals surface area contributed by atoms with Crippen LogP contribution >= 0.6 is 22.6 Å². The Morgan fingerprint density at radius 3 is 2.80 bits per heavy atom. The van der Waals surface area contributed by atoms with Gasteiger partial charge in [0.1, 0.15) is 5.41 Å². The Bertz CT molecular complexity index is 537. The molecular formula is C13H15IN2O4. The summed E-state index contributed by atoms with van der Waals surface area (Å²) >= 11 is 2.11. The Morgan fingerprint density at radius 1 is 1.45 bits per heavy atom.